The van der Waals surface area contributed by atoms with E-state index in [1.54, 1.807) is 0 Å². The van der Waals surface area contributed by atoms with E-state index in [4.69, 9.17) is 4.74 Å². The maximum absolute atomic E-state index is 12.4. The van der Waals surface area contributed by atoms with Gasteiger partial charge in [0.2, 0.25) is 0 Å². The Morgan fingerprint density at radius 1 is 0.900 bits per heavy atom. The zero-order chi connectivity index (χ0) is 21.3. The van der Waals surface area contributed by atoms with Crippen molar-refractivity contribution in [3.05, 3.63) is 59.7 Å². The van der Waals surface area contributed by atoms with E-state index < -0.39 is 17.9 Å². The van der Waals surface area contributed by atoms with Crippen LogP contribution in [-0.4, -0.2) is 23.7 Å². The lowest BCUT2D eigenvalue weighted by Crippen LogP contribution is -2.21. The Bertz CT molecular complexity index is 812. The SMILES string of the molecule is CCCCCCCCC(CC(=O)OCC1c2ccccc2-c2ccccc21)C(=O)O. The summed E-state index contributed by atoms with van der Waals surface area (Å²) < 4.78 is 5.58. The number of carbonyl (C=O) groups excluding carboxylic acids is 1. The number of carbonyl (C=O) groups is 2. The van der Waals surface area contributed by atoms with E-state index in [0.29, 0.717) is 6.42 Å². The molecule has 2 aromatic rings. The van der Waals surface area contributed by atoms with Gasteiger partial charge in [-0.05, 0) is 28.7 Å². The molecule has 160 valence electrons. The minimum atomic E-state index is -0.905. The molecule has 1 atom stereocenters. The zero-order valence-corrected chi connectivity index (χ0v) is 17.8. The van der Waals surface area contributed by atoms with Crippen LogP contribution >= 0.6 is 0 Å². The van der Waals surface area contributed by atoms with Crippen LogP contribution in [0.15, 0.2) is 48.5 Å². The van der Waals surface area contributed by atoms with Gasteiger partial charge in [0.25, 0.3) is 0 Å². The highest BCUT2D eigenvalue weighted by Crippen LogP contribution is 2.44. The largest absolute Gasteiger partial charge is 0.481 e. The van der Waals surface area contributed by atoms with E-state index in [-0.39, 0.29) is 18.9 Å². The first-order valence-electron chi connectivity index (χ1n) is 11.2. The fourth-order valence-electron chi connectivity index (χ4n) is 4.36. The summed E-state index contributed by atoms with van der Waals surface area (Å²) >= 11 is 0. The molecule has 1 aliphatic rings. The van der Waals surface area contributed by atoms with Gasteiger partial charge in [0, 0.05) is 5.92 Å². The van der Waals surface area contributed by atoms with E-state index in [2.05, 4.69) is 31.2 Å². The van der Waals surface area contributed by atoms with Crippen LogP contribution in [0.4, 0.5) is 0 Å². The van der Waals surface area contributed by atoms with Gasteiger partial charge in [0.1, 0.15) is 6.61 Å². The van der Waals surface area contributed by atoms with Gasteiger partial charge in [-0.1, -0.05) is 94.0 Å². The van der Waals surface area contributed by atoms with Crippen molar-refractivity contribution in [3.8, 4) is 11.1 Å². The normalized spacial score (nSPS) is 13.5. The number of benzene rings is 2. The molecule has 0 spiro atoms. The van der Waals surface area contributed by atoms with Gasteiger partial charge in [0.05, 0.1) is 12.3 Å². The molecule has 2 aromatic carbocycles. The van der Waals surface area contributed by atoms with Crippen LogP contribution in [0, 0.1) is 5.92 Å². The van der Waals surface area contributed by atoms with E-state index in [0.717, 1.165) is 30.4 Å². The van der Waals surface area contributed by atoms with E-state index in [9.17, 15) is 14.7 Å². The van der Waals surface area contributed by atoms with Crippen LogP contribution in [0.2, 0.25) is 0 Å². The first-order valence-corrected chi connectivity index (χ1v) is 11.2. The fraction of sp³-hybridized carbons (Fsp3) is 0.462. The molecule has 0 saturated carbocycles. The second kappa shape index (κ2) is 11.0. The van der Waals surface area contributed by atoms with Gasteiger partial charge in [0.15, 0.2) is 0 Å². The Balaban J connectivity index is 1.53. The van der Waals surface area contributed by atoms with Gasteiger partial charge in [-0.2, -0.15) is 0 Å². The van der Waals surface area contributed by atoms with Gasteiger partial charge >= 0.3 is 11.9 Å². The van der Waals surface area contributed by atoms with Crippen molar-refractivity contribution in [1.82, 2.24) is 0 Å². The van der Waals surface area contributed by atoms with E-state index in [1.165, 1.54) is 30.4 Å². The molecule has 4 heteroatoms. The Kier molecular flexibility index (Phi) is 8.06. The molecule has 1 unspecified atom stereocenters. The predicted molar refractivity (Wildman–Crippen MR) is 118 cm³/mol. The van der Waals surface area contributed by atoms with Gasteiger partial charge in [-0.15, -0.1) is 0 Å². The Labute approximate surface area is 179 Å². The molecule has 3 rings (SSSR count). The summed E-state index contributed by atoms with van der Waals surface area (Å²) in [6.07, 6.45) is 7.09. The highest BCUT2D eigenvalue weighted by atomic mass is 16.5. The van der Waals surface area contributed by atoms with Crippen LogP contribution in [0.5, 0.6) is 0 Å². The minimum absolute atomic E-state index is 0.00296. The first kappa shape index (κ1) is 22.1. The molecular formula is C26H32O4. The van der Waals surface area contributed by atoms with E-state index >= 15 is 0 Å². The third-order valence-corrected chi connectivity index (χ3v) is 6.04. The lowest BCUT2D eigenvalue weighted by molar-refractivity contribution is -0.152. The topological polar surface area (TPSA) is 63.6 Å². The number of carboxylic acids is 1. The van der Waals surface area contributed by atoms with Crippen molar-refractivity contribution in [2.24, 2.45) is 5.92 Å². The maximum Gasteiger partial charge on any atom is 0.307 e. The molecular weight excluding hydrogens is 376 g/mol. The average Bonchev–Trinajstić information content (AvgIpc) is 3.07. The van der Waals surface area contributed by atoms with Gasteiger partial charge in [-0.25, -0.2) is 0 Å². The van der Waals surface area contributed by atoms with Crippen LogP contribution in [-0.2, 0) is 14.3 Å². The van der Waals surface area contributed by atoms with Crippen molar-refractivity contribution in [2.75, 3.05) is 6.61 Å². The number of hydrogen-bond acceptors (Lipinski definition) is 3. The molecule has 0 aromatic heterocycles. The second-order valence-corrected chi connectivity index (χ2v) is 8.21. The molecule has 4 nitrogen and oxygen atoms in total. The smallest absolute Gasteiger partial charge is 0.307 e. The highest BCUT2D eigenvalue weighted by molar-refractivity contribution is 5.80. The fourth-order valence-corrected chi connectivity index (χ4v) is 4.36. The number of esters is 1. The third-order valence-electron chi connectivity index (χ3n) is 6.04. The Morgan fingerprint density at radius 2 is 1.47 bits per heavy atom. The molecule has 1 aliphatic carbocycles. The molecule has 0 bridgehead atoms. The van der Waals surface area contributed by atoms with Crippen LogP contribution in [0.3, 0.4) is 0 Å². The summed E-state index contributed by atoms with van der Waals surface area (Å²) in [6, 6.07) is 16.4. The number of fused-ring (bicyclic) bond motifs is 3. The summed E-state index contributed by atoms with van der Waals surface area (Å²) in [6.45, 7) is 2.42. The highest BCUT2D eigenvalue weighted by Gasteiger charge is 2.29. The predicted octanol–water partition coefficient (Wildman–Crippen LogP) is 6.18. The molecule has 30 heavy (non-hydrogen) atoms. The monoisotopic (exact) mass is 408 g/mol. The van der Waals surface area contributed by atoms with Crippen molar-refractivity contribution >= 4 is 11.9 Å². The third kappa shape index (κ3) is 5.50. The van der Waals surface area contributed by atoms with Crippen molar-refractivity contribution in [2.45, 2.75) is 64.2 Å². The molecule has 0 radical (unpaired) electrons. The Hall–Kier alpha value is -2.62. The van der Waals surface area contributed by atoms with Crippen molar-refractivity contribution in [1.29, 1.82) is 0 Å². The van der Waals surface area contributed by atoms with E-state index in [1.807, 2.05) is 24.3 Å². The minimum Gasteiger partial charge on any atom is -0.481 e. The summed E-state index contributed by atoms with van der Waals surface area (Å²) in [5.74, 6) is -1.98. The summed E-state index contributed by atoms with van der Waals surface area (Å²) in [4.78, 5) is 24.0. The van der Waals surface area contributed by atoms with Gasteiger partial charge in [-0.3, -0.25) is 9.59 Å². The maximum atomic E-state index is 12.4. The summed E-state index contributed by atoms with van der Waals surface area (Å²) in [5, 5.41) is 9.50. The first-order chi connectivity index (χ1) is 14.6. The number of carboxylic acid groups (broad SMARTS) is 1. The summed E-state index contributed by atoms with van der Waals surface area (Å²) in [7, 11) is 0. The standard InChI is InChI=1S/C26H32O4/c1-2-3-4-5-6-7-12-19(26(28)29)17-25(27)30-18-24-22-15-10-8-13-20(22)21-14-9-11-16-23(21)24/h8-11,13-16,19,24H,2-7,12,17-18H2,1H3,(H,28,29). The van der Waals surface area contributed by atoms with Crippen LogP contribution in [0.1, 0.15) is 75.3 Å². The molecule has 0 saturated heterocycles. The average molecular weight is 409 g/mol. The molecule has 1 N–H and O–H groups in total. The molecule has 0 amide bonds. The van der Waals surface area contributed by atoms with Crippen molar-refractivity contribution < 1.29 is 19.4 Å². The van der Waals surface area contributed by atoms with Gasteiger partial charge < -0.3 is 9.84 Å². The number of unbranched alkanes of at least 4 members (excludes halogenated alkanes) is 5. The molecule has 0 fully saturated rings. The van der Waals surface area contributed by atoms with Crippen molar-refractivity contribution in [3.63, 3.8) is 0 Å². The molecule has 0 heterocycles. The number of rotatable bonds is 12. The quantitative estimate of drug-likeness (QED) is 0.336. The zero-order valence-electron chi connectivity index (χ0n) is 17.8. The molecule has 0 aliphatic heterocycles. The lowest BCUT2D eigenvalue weighted by Gasteiger charge is -2.16. The number of hydrogen-bond donors (Lipinski definition) is 1. The lowest BCUT2D eigenvalue weighted by atomic mass is 9.96. The number of ether oxygens (including phenoxy) is 1. The second-order valence-electron chi connectivity index (χ2n) is 8.21. The van der Waals surface area contributed by atoms with Crippen LogP contribution < -0.4 is 0 Å². The number of aliphatic carboxylic acids is 1. The van der Waals surface area contributed by atoms with Crippen LogP contribution in [0.25, 0.3) is 11.1 Å². The summed E-state index contributed by atoms with van der Waals surface area (Å²) in [5.41, 5.74) is 4.68. The Morgan fingerprint density at radius 3 is 2.07 bits per heavy atom.